The summed E-state index contributed by atoms with van der Waals surface area (Å²) >= 11 is 0. The predicted octanol–water partition coefficient (Wildman–Crippen LogP) is -0.245. The van der Waals surface area contributed by atoms with Crippen LogP contribution in [0.5, 0.6) is 0 Å². The summed E-state index contributed by atoms with van der Waals surface area (Å²) in [7, 11) is 3.30. The number of carbonyl (C=O) groups excluding carboxylic acids is 2. The first-order chi connectivity index (χ1) is 7.09. The molecule has 6 heteroatoms. The second kappa shape index (κ2) is 7.46. The Morgan fingerprint density at radius 3 is 2.62 bits per heavy atom. The van der Waals surface area contributed by atoms with Crippen LogP contribution in [-0.4, -0.2) is 49.9 Å². The van der Waals surface area contributed by atoms with Gasteiger partial charge in [-0.15, -0.1) is 12.4 Å². The van der Waals surface area contributed by atoms with Crippen LogP contribution in [0.1, 0.15) is 19.3 Å². The number of nitrogens with zero attached hydrogens (tertiary/aromatic N) is 1. The SMILES string of the molecule is CN(C)C(=O)CC(=O)N[C@@H]1CCCNC1.Cl. The molecule has 1 heterocycles. The molecule has 0 bridgehead atoms. The first-order valence-electron chi connectivity index (χ1n) is 5.30. The number of carbonyl (C=O) groups is 2. The zero-order valence-corrected chi connectivity index (χ0v) is 10.6. The number of amides is 2. The summed E-state index contributed by atoms with van der Waals surface area (Å²) in [6.45, 7) is 1.82. The maximum atomic E-state index is 11.4. The van der Waals surface area contributed by atoms with Crippen molar-refractivity contribution < 1.29 is 9.59 Å². The molecule has 1 rings (SSSR count). The van der Waals surface area contributed by atoms with Crippen LogP contribution in [0.2, 0.25) is 0 Å². The lowest BCUT2D eigenvalue weighted by atomic mass is 10.1. The summed E-state index contributed by atoms with van der Waals surface area (Å²) in [5.41, 5.74) is 0. The standard InChI is InChI=1S/C10H19N3O2.ClH/c1-13(2)10(15)6-9(14)12-8-4-3-5-11-7-8;/h8,11H,3-7H2,1-2H3,(H,12,14);1H/t8-;/m1./s1. The highest BCUT2D eigenvalue weighted by Gasteiger charge is 2.17. The maximum absolute atomic E-state index is 11.4. The Bertz CT molecular complexity index is 240. The Morgan fingerprint density at radius 2 is 2.12 bits per heavy atom. The fourth-order valence-corrected chi connectivity index (χ4v) is 1.55. The molecule has 0 aliphatic carbocycles. The molecule has 0 aromatic carbocycles. The van der Waals surface area contributed by atoms with Gasteiger partial charge >= 0.3 is 0 Å². The van der Waals surface area contributed by atoms with Crippen molar-refractivity contribution in [3.63, 3.8) is 0 Å². The average molecular weight is 250 g/mol. The van der Waals surface area contributed by atoms with Crippen LogP contribution in [0.3, 0.4) is 0 Å². The molecular weight excluding hydrogens is 230 g/mol. The first-order valence-corrected chi connectivity index (χ1v) is 5.30. The average Bonchev–Trinajstić information content (AvgIpc) is 2.18. The molecule has 16 heavy (non-hydrogen) atoms. The normalized spacial score (nSPS) is 19.5. The molecule has 0 unspecified atom stereocenters. The van der Waals surface area contributed by atoms with Gasteiger partial charge in [0.2, 0.25) is 11.8 Å². The van der Waals surface area contributed by atoms with E-state index in [2.05, 4.69) is 10.6 Å². The van der Waals surface area contributed by atoms with E-state index in [0.717, 1.165) is 25.9 Å². The molecule has 0 aromatic rings. The van der Waals surface area contributed by atoms with Crippen LogP contribution < -0.4 is 10.6 Å². The fourth-order valence-electron chi connectivity index (χ4n) is 1.55. The van der Waals surface area contributed by atoms with E-state index in [0.29, 0.717) is 0 Å². The third kappa shape index (κ3) is 5.32. The van der Waals surface area contributed by atoms with Crippen molar-refractivity contribution in [1.82, 2.24) is 15.5 Å². The van der Waals surface area contributed by atoms with Crippen LogP contribution in [0, 0.1) is 0 Å². The number of rotatable bonds is 3. The summed E-state index contributed by atoms with van der Waals surface area (Å²) in [6.07, 6.45) is 2.02. The summed E-state index contributed by atoms with van der Waals surface area (Å²) in [4.78, 5) is 24.1. The molecule has 5 nitrogen and oxygen atoms in total. The molecule has 2 N–H and O–H groups in total. The Hall–Kier alpha value is -0.810. The molecule has 1 aliphatic heterocycles. The Labute approximate surface area is 102 Å². The van der Waals surface area contributed by atoms with E-state index in [-0.39, 0.29) is 36.7 Å². The van der Waals surface area contributed by atoms with Crippen LogP contribution in [0.15, 0.2) is 0 Å². The lowest BCUT2D eigenvalue weighted by molar-refractivity contribution is -0.134. The van der Waals surface area contributed by atoms with E-state index in [1.807, 2.05) is 0 Å². The number of nitrogens with one attached hydrogen (secondary N) is 2. The van der Waals surface area contributed by atoms with Crippen molar-refractivity contribution in [2.75, 3.05) is 27.2 Å². The largest absolute Gasteiger partial charge is 0.352 e. The molecule has 0 spiro atoms. The first kappa shape index (κ1) is 15.2. The van der Waals surface area contributed by atoms with Crippen molar-refractivity contribution in [3.8, 4) is 0 Å². The van der Waals surface area contributed by atoms with Gasteiger partial charge in [0.15, 0.2) is 0 Å². The highest BCUT2D eigenvalue weighted by molar-refractivity contribution is 5.96. The minimum absolute atomic E-state index is 0. The van der Waals surface area contributed by atoms with Crippen molar-refractivity contribution in [2.45, 2.75) is 25.3 Å². The van der Waals surface area contributed by atoms with Gasteiger partial charge in [-0.2, -0.15) is 0 Å². The molecule has 0 aromatic heterocycles. The highest BCUT2D eigenvalue weighted by Crippen LogP contribution is 2.01. The smallest absolute Gasteiger partial charge is 0.231 e. The molecule has 1 fully saturated rings. The monoisotopic (exact) mass is 249 g/mol. The Balaban J connectivity index is 0.00000225. The van der Waals surface area contributed by atoms with E-state index in [4.69, 9.17) is 0 Å². The van der Waals surface area contributed by atoms with Gasteiger partial charge in [0.1, 0.15) is 6.42 Å². The van der Waals surface area contributed by atoms with Crippen LogP contribution in [-0.2, 0) is 9.59 Å². The zero-order chi connectivity index (χ0) is 11.3. The second-order valence-corrected chi connectivity index (χ2v) is 4.08. The summed E-state index contributed by atoms with van der Waals surface area (Å²) in [5, 5.41) is 6.06. The molecule has 0 radical (unpaired) electrons. The predicted molar refractivity (Wildman–Crippen MR) is 64.6 cm³/mol. The summed E-state index contributed by atoms with van der Waals surface area (Å²) < 4.78 is 0. The van der Waals surface area contributed by atoms with Crippen LogP contribution in [0.25, 0.3) is 0 Å². The molecule has 1 saturated heterocycles. The van der Waals surface area contributed by atoms with Gasteiger partial charge in [0.25, 0.3) is 0 Å². The van der Waals surface area contributed by atoms with E-state index >= 15 is 0 Å². The van der Waals surface area contributed by atoms with Gasteiger partial charge in [0, 0.05) is 26.7 Å². The van der Waals surface area contributed by atoms with Crippen LogP contribution in [0.4, 0.5) is 0 Å². The van der Waals surface area contributed by atoms with E-state index in [1.165, 1.54) is 4.90 Å². The topological polar surface area (TPSA) is 61.4 Å². The minimum atomic E-state index is -0.178. The van der Waals surface area contributed by atoms with Crippen LogP contribution >= 0.6 is 12.4 Å². The van der Waals surface area contributed by atoms with E-state index in [9.17, 15) is 9.59 Å². The van der Waals surface area contributed by atoms with Crippen molar-refractivity contribution in [1.29, 1.82) is 0 Å². The third-order valence-corrected chi connectivity index (χ3v) is 2.47. The molecule has 94 valence electrons. The van der Waals surface area contributed by atoms with Crippen molar-refractivity contribution >= 4 is 24.2 Å². The van der Waals surface area contributed by atoms with E-state index < -0.39 is 0 Å². The highest BCUT2D eigenvalue weighted by atomic mass is 35.5. The molecular formula is C10H20ClN3O2. The number of hydrogen-bond acceptors (Lipinski definition) is 3. The number of hydrogen-bond donors (Lipinski definition) is 2. The lowest BCUT2D eigenvalue weighted by Gasteiger charge is -2.23. The van der Waals surface area contributed by atoms with Crippen molar-refractivity contribution in [3.05, 3.63) is 0 Å². The van der Waals surface area contributed by atoms with Gasteiger partial charge < -0.3 is 15.5 Å². The quantitative estimate of drug-likeness (QED) is 0.679. The van der Waals surface area contributed by atoms with Gasteiger partial charge in [-0.1, -0.05) is 0 Å². The molecule has 1 atom stereocenters. The molecule has 2 amide bonds. The Morgan fingerprint density at radius 1 is 1.44 bits per heavy atom. The van der Waals surface area contributed by atoms with Gasteiger partial charge in [0.05, 0.1) is 0 Å². The third-order valence-electron chi connectivity index (χ3n) is 2.47. The fraction of sp³-hybridized carbons (Fsp3) is 0.800. The van der Waals surface area contributed by atoms with Crippen molar-refractivity contribution in [2.24, 2.45) is 0 Å². The second-order valence-electron chi connectivity index (χ2n) is 4.08. The zero-order valence-electron chi connectivity index (χ0n) is 9.78. The van der Waals surface area contributed by atoms with Gasteiger partial charge in [-0.25, -0.2) is 0 Å². The molecule has 1 aliphatic rings. The minimum Gasteiger partial charge on any atom is -0.352 e. The summed E-state index contributed by atoms with van der Waals surface area (Å²) in [6, 6.07) is 0.182. The van der Waals surface area contributed by atoms with Gasteiger partial charge in [-0.05, 0) is 19.4 Å². The molecule has 0 saturated carbocycles. The summed E-state index contributed by atoms with van der Waals surface area (Å²) in [5.74, 6) is -0.335. The number of halogens is 1. The maximum Gasteiger partial charge on any atom is 0.231 e. The van der Waals surface area contributed by atoms with Gasteiger partial charge in [-0.3, -0.25) is 9.59 Å². The lowest BCUT2D eigenvalue weighted by Crippen LogP contribution is -2.46. The van der Waals surface area contributed by atoms with E-state index in [1.54, 1.807) is 14.1 Å². The number of piperidine rings is 1. The Kier molecular flexibility index (Phi) is 7.08.